The van der Waals surface area contributed by atoms with E-state index in [1.54, 1.807) is 6.20 Å². The molecule has 1 fully saturated rings. The zero-order valence-electron chi connectivity index (χ0n) is 16.1. The van der Waals surface area contributed by atoms with Gasteiger partial charge in [-0.3, -0.25) is 14.3 Å². The average Bonchev–Trinajstić information content (AvgIpc) is 3.30. The fourth-order valence-electron chi connectivity index (χ4n) is 4.22. The molecule has 146 valence electrons. The van der Waals surface area contributed by atoms with Gasteiger partial charge < -0.3 is 5.11 Å². The van der Waals surface area contributed by atoms with Crippen molar-refractivity contribution in [1.82, 2.24) is 24.3 Å². The van der Waals surface area contributed by atoms with E-state index in [4.69, 9.17) is 4.98 Å². The van der Waals surface area contributed by atoms with Crippen LogP contribution in [0.25, 0.3) is 17.0 Å². The van der Waals surface area contributed by atoms with Crippen LogP contribution in [-0.4, -0.2) is 48.6 Å². The third-order valence-corrected chi connectivity index (χ3v) is 5.65. The molecular formula is C23H23N5O. The molecule has 3 aromatic heterocycles. The minimum absolute atomic E-state index is 0.217. The summed E-state index contributed by atoms with van der Waals surface area (Å²) in [5.74, 6) is 0.921. The number of hydrogen-bond donors (Lipinski definition) is 1. The van der Waals surface area contributed by atoms with Gasteiger partial charge in [0.1, 0.15) is 0 Å². The number of likely N-dealkylation sites (tertiary alicyclic amines) is 1. The highest BCUT2D eigenvalue weighted by molar-refractivity contribution is 5.65. The van der Waals surface area contributed by atoms with Gasteiger partial charge >= 0.3 is 0 Å². The lowest BCUT2D eigenvalue weighted by atomic mass is 9.97. The smallest absolute Gasteiger partial charge is 0.234 e. The molecule has 4 aromatic rings. The fourth-order valence-corrected chi connectivity index (χ4v) is 4.22. The summed E-state index contributed by atoms with van der Waals surface area (Å²) in [6.45, 7) is 2.24. The van der Waals surface area contributed by atoms with Gasteiger partial charge in [0.15, 0.2) is 0 Å². The Kier molecular flexibility index (Phi) is 4.79. The number of pyridine rings is 1. The molecule has 29 heavy (non-hydrogen) atoms. The van der Waals surface area contributed by atoms with Crippen LogP contribution in [0.15, 0.2) is 73.3 Å². The molecule has 5 rings (SSSR count). The number of aromatic nitrogens is 4. The van der Waals surface area contributed by atoms with Gasteiger partial charge in [0, 0.05) is 55.9 Å². The van der Waals surface area contributed by atoms with Crippen LogP contribution in [-0.2, 0) is 13.0 Å². The maximum Gasteiger partial charge on any atom is 0.234 e. The third-order valence-electron chi connectivity index (χ3n) is 5.65. The zero-order valence-corrected chi connectivity index (χ0v) is 16.1. The van der Waals surface area contributed by atoms with Crippen molar-refractivity contribution in [2.75, 3.05) is 13.1 Å². The first kappa shape index (κ1) is 18.0. The summed E-state index contributed by atoms with van der Waals surface area (Å²) in [5, 5.41) is 10.7. The van der Waals surface area contributed by atoms with Gasteiger partial charge in [0.05, 0.1) is 17.5 Å². The van der Waals surface area contributed by atoms with Crippen LogP contribution in [0.1, 0.15) is 11.3 Å². The molecule has 0 amide bonds. The van der Waals surface area contributed by atoms with Gasteiger partial charge in [-0.1, -0.05) is 30.3 Å². The molecule has 4 heterocycles. The van der Waals surface area contributed by atoms with E-state index in [1.807, 2.05) is 55.0 Å². The summed E-state index contributed by atoms with van der Waals surface area (Å²) in [5.41, 5.74) is 4.36. The second-order valence-electron chi connectivity index (χ2n) is 7.64. The number of benzene rings is 1. The molecule has 0 saturated carbocycles. The summed E-state index contributed by atoms with van der Waals surface area (Å²) < 4.78 is 2.06. The standard InChI is InChI=1S/C23H23N5O/c29-21-16-27(14-19(21)13-17-7-10-24-11-8-17)15-20-22(18-5-2-1-3-6-18)26-23-25-9-4-12-28(20)23/h1-12,19,21,29H,13-16H2/t19-,21-/m1/s1. The van der Waals surface area contributed by atoms with Gasteiger partial charge in [0.2, 0.25) is 5.78 Å². The first-order valence-electron chi connectivity index (χ1n) is 9.94. The van der Waals surface area contributed by atoms with E-state index in [1.165, 1.54) is 5.56 Å². The van der Waals surface area contributed by atoms with E-state index in [0.29, 0.717) is 12.3 Å². The number of nitrogens with zero attached hydrogens (tertiary/aromatic N) is 5. The van der Waals surface area contributed by atoms with E-state index < -0.39 is 0 Å². The molecule has 0 unspecified atom stereocenters. The van der Waals surface area contributed by atoms with Gasteiger partial charge in [-0.15, -0.1) is 0 Å². The number of imidazole rings is 1. The highest BCUT2D eigenvalue weighted by Gasteiger charge is 2.32. The van der Waals surface area contributed by atoms with Crippen LogP contribution in [0.2, 0.25) is 0 Å². The molecule has 0 spiro atoms. The quantitative estimate of drug-likeness (QED) is 0.572. The average molecular weight is 385 g/mol. The molecule has 6 heteroatoms. The molecule has 1 aromatic carbocycles. The van der Waals surface area contributed by atoms with Gasteiger partial charge in [-0.25, -0.2) is 9.97 Å². The molecule has 0 radical (unpaired) electrons. The molecule has 1 aliphatic rings. The molecule has 2 atom stereocenters. The first-order valence-corrected chi connectivity index (χ1v) is 9.94. The molecule has 1 N–H and O–H groups in total. The van der Waals surface area contributed by atoms with Gasteiger partial charge in [-0.2, -0.15) is 0 Å². The predicted molar refractivity (Wildman–Crippen MR) is 111 cm³/mol. The summed E-state index contributed by atoms with van der Waals surface area (Å²) >= 11 is 0. The second-order valence-corrected chi connectivity index (χ2v) is 7.64. The molecule has 6 nitrogen and oxygen atoms in total. The summed E-state index contributed by atoms with van der Waals surface area (Å²) in [7, 11) is 0. The Balaban J connectivity index is 1.42. The summed E-state index contributed by atoms with van der Waals surface area (Å²) in [6.07, 6.45) is 7.93. The molecule has 0 aliphatic carbocycles. The third kappa shape index (κ3) is 3.64. The second kappa shape index (κ2) is 7.73. The Morgan fingerprint density at radius 2 is 1.79 bits per heavy atom. The Bertz CT molecular complexity index is 1100. The Hall–Kier alpha value is -3.09. The van der Waals surface area contributed by atoms with Crippen molar-refractivity contribution in [2.45, 2.75) is 19.1 Å². The van der Waals surface area contributed by atoms with Crippen LogP contribution in [0, 0.1) is 5.92 Å². The van der Waals surface area contributed by atoms with Crippen LogP contribution in [0.3, 0.4) is 0 Å². The lowest BCUT2D eigenvalue weighted by molar-refractivity contribution is 0.141. The molecule has 0 bridgehead atoms. The molecule has 1 aliphatic heterocycles. The van der Waals surface area contributed by atoms with Crippen molar-refractivity contribution in [1.29, 1.82) is 0 Å². The Morgan fingerprint density at radius 3 is 2.62 bits per heavy atom. The normalized spacial score (nSPS) is 19.8. The highest BCUT2D eigenvalue weighted by Crippen LogP contribution is 2.28. The minimum Gasteiger partial charge on any atom is -0.391 e. The number of aliphatic hydroxyl groups excluding tert-OH is 1. The number of fused-ring (bicyclic) bond motifs is 1. The maximum atomic E-state index is 10.7. The molecule has 1 saturated heterocycles. The van der Waals surface area contributed by atoms with Crippen LogP contribution in [0.5, 0.6) is 0 Å². The van der Waals surface area contributed by atoms with Crippen LogP contribution >= 0.6 is 0 Å². The monoisotopic (exact) mass is 385 g/mol. The number of hydrogen-bond acceptors (Lipinski definition) is 5. The van der Waals surface area contributed by atoms with Crippen molar-refractivity contribution in [2.24, 2.45) is 5.92 Å². The number of β-amino-alcohol motifs (C(OH)–C–C–N with tert-alkyl or cyclic N) is 1. The predicted octanol–water partition coefficient (Wildman–Crippen LogP) is 2.83. The maximum absolute atomic E-state index is 10.7. The van der Waals surface area contributed by atoms with Gasteiger partial charge in [-0.05, 0) is 30.2 Å². The minimum atomic E-state index is -0.333. The SMILES string of the molecule is O[C@@H]1CN(Cc2c(-c3ccccc3)nc3ncccn23)C[C@H]1Cc1ccncc1. The summed E-state index contributed by atoms with van der Waals surface area (Å²) in [6, 6.07) is 16.2. The summed E-state index contributed by atoms with van der Waals surface area (Å²) in [4.78, 5) is 15.6. The van der Waals surface area contributed by atoms with Crippen LogP contribution < -0.4 is 0 Å². The Labute approximate surface area is 169 Å². The van der Waals surface area contributed by atoms with E-state index in [-0.39, 0.29) is 12.0 Å². The topological polar surface area (TPSA) is 66.5 Å². The highest BCUT2D eigenvalue weighted by atomic mass is 16.3. The van der Waals surface area contributed by atoms with E-state index >= 15 is 0 Å². The van der Waals surface area contributed by atoms with E-state index in [2.05, 4.69) is 31.4 Å². The van der Waals surface area contributed by atoms with Crippen molar-refractivity contribution in [3.05, 3.63) is 84.6 Å². The van der Waals surface area contributed by atoms with Crippen LogP contribution in [0.4, 0.5) is 0 Å². The number of aliphatic hydroxyl groups is 1. The first-order chi connectivity index (χ1) is 14.3. The number of rotatable bonds is 5. The molecular weight excluding hydrogens is 362 g/mol. The lowest BCUT2D eigenvalue weighted by Gasteiger charge is -2.16. The fraction of sp³-hybridized carbons (Fsp3) is 0.261. The zero-order chi connectivity index (χ0) is 19.6. The lowest BCUT2D eigenvalue weighted by Crippen LogP contribution is -2.22. The van der Waals surface area contributed by atoms with Crippen molar-refractivity contribution >= 4 is 5.78 Å². The van der Waals surface area contributed by atoms with Crippen molar-refractivity contribution in [3.63, 3.8) is 0 Å². The largest absolute Gasteiger partial charge is 0.391 e. The van der Waals surface area contributed by atoms with Crippen molar-refractivity contribution < 1.29 is 5.11 Å². The van der Waals surface area contributed by atoms with E-state index in [0.717, 1.165) is 36.5 Å². The Morgan fingerprint density at radius 1 is 0.966 bits per heavy atom. The van der Waals surface area contributed by atoms with Gasteiger partial charge in [0.25, 0.3) is 0 Å². The van der Waals surface area contributed by atoms with E-state index in [9.17, 15) is 5.11 Å². The van der Waals surface area contributed by atoms with Crippen molar-refractivity contribution in [3.8, 4) is 11.3 Å².